The Morgan fingerprint density at radius 1 is 1.33 bits per heavy atom. The molecule has 1 unspecified atom stereocenters. The molecule has 0 fully saturated rings. The van der Waals surface area contributed by atoms with E-state index in [1.807, 2.05) is 0 Å². The van der Waals surface area contributed by atoms with Crippen molar-refractivity contribution in [1.82, 2.24) is 5.32 Å². The summed E-state index contributed by atoms with van der Waals surface area (Å²) in [5.41, 5.74) is 1.38. The molecule has 1 N–H and O–H groups in total. The minimum absolute atomic E-state index is 0.617. The summed E-state index contributed by atoms with van der Waals surface area (Å²) in [4.78, 5) is 0. The topological polar surface area (TPSA) is 12.0 Å². The largest absolute Gasteiger partial charge is 0.310 e. The quantitative estimate of drug-likeness (QED) is 0.817. The van der Waals surface area contributed by atoms with Gasteiger partial charge in [0, 0.05) is 12.6 Å². The Balaban J connectivity index is 2.19. The van der Waals surface area contributed by atoms with Crippen molar-refractivity contribution in [3.63, 3.8) is 0 Å². The van der Waals surface area contributed by atoms with Gasteiger partial charge in [-0.25, -0.2) is 0 Å². The van der Waals surface area contributed by atoms with Gasteiger partial charge in [-0.1, -0.05) is 13.8 Å². The molecule has 1 rings (SSSR count). The third-order valence-electron chi connectivity index (χ3n) is 2.45. The van der Waals surface area contributed by atoms with E-state index in [2.05, 4.69) is 53.5 Å². The Morgan fingerprint density at radius 3 is 2.60 bits per heavy atom. The van der Waals surface area contributed by atoms with Gasteiger partial charge in [0.2, 0.25) is 0 Å². The Kier molecular flexibility index (Phi) is 5.87. The van der Waals surface area contributed by atoms with Gasteiger partial charge in [-0.3, -0.25) is 0 Å². The van der Waals surface area contributed by atoms with E-state index in [1.54, 1.807) is 11.3 Å². The van der Waals surface area contributed by atoms with E-state index in [9.17, 15) is 0 Å². The van der Waals surface area contributed by atoms with Crippen molar-refractivity contribution >= 4 is 27.3 Å². The number of halogens is 1. The molecule has 1 nitrogen and oxygen atoms in total. The fourth-order valence-corrected chi connectivity index (χ4v) is 2.63. The van der Waals surface area contributed by atoms with Crippen LogP contribution < -0.4 is 5.32 Å². The average Bonchev–Trinajstić information content (AvgIpc) is 2.58. The van der Waals surface area contributed by atoms with Crippen molar-refractivity contribution < 1.29 is 0 Å². The lowest BCUT2D eigenvalue weighted by Crippen LogP contribution is -2.25. The van der Waals surface area contributed by atoms with Crippen molar-refractivity contribution in [3.8, 4) is 0 Å². The van der Waals surface area contributed by atoms with E-state index < -0.39 is 0 Å². The smallest absolute Gasteiger partial charge is 0.0701 e. The second-order valence-electron chi connectivity index (χ2n) is 4.51. The van der Waals surface area contributed by atoms with Crippen LogP contribution in [-0.2, 0) is 6.54 Å². The lowest BCUT2D eigenvalue weighted by atomic mass is 10.0. The lowest BCUT2D eigenvalue weighted by Gasteiger charge is -2.14. The van der Waals surface area contributed by atoms with Gasteiger partial charge in [-0.15, -0.1) is 11.3 Å². The second kappa shape index (κ2) is 6.66. The Hall–Kier alpha value is 0.140. The molecule has 1 heterocycles. The van der Waals surface area contributed by atoms with E-state index in [0.717, 1.165) is 12.5 Å². The van der Waals surface area contributed by atoms with Crippen LogP contribution in [0.1, 0.15) is 39.2 Å². The highest BCUT2D eigenvalue weighted by Crippen LogP contribution is 2.20. The summed E-state index contributed by atoms with van der Waals surface area (Å²) in [6.07, 6.45) is 2.57. The molecule has 0 spiro atoms. The third kappa shape index (κ3) is 5.69. The van der Waals surface area contributed by atoms with Gasteiger partial charge in [0.15, 0.2) is 0 Å². The van der Waals surface area contributed by atoms with Crippen LogP contribution in [0.25, 0.3) is 0 Å². The summed E-state index contributed by atoms with van der Waals surface area (Å²) in [6.45, 7) is 7.82. The Morgan fingerprint density at radius 2 is 2.07 bits per heavy atom. The van der Waals surface area contributed by atoms with Crippen molar-refractivity contribution in [3.05, 3.63) is 20.8 Å². The van der Waals surface area contributed by atoms with E-state index in [4.69, 9.17) is 0 Å². The fourth-order valence-electron chi connectivity index (χ4n) is 1.42. The van der Waals surface area contributed by atoms with E-state index in [0.29, 0.717) is 6.04 Å². The minimum Gasteiger partial charge on any atom is -0.310 e. The van der Waals surface area contributed by atoms with E-state index in [-0.39, 0.29) is 0 Å². The van der Waals surface area contributed by atoms with Crippen LogP contribution >= 0.6 is 27.3 Å². The fraction of sp³-hybridized carbons (Fsp3) is 0.667. The summed E-state index contributed by atoms with van der Waals surface area (Å²) in [5, 5.41) is 5.75. The van der Waals surface area contributed by atoms with Gasteiger partial charge in [-0.05, 0) is 58.6 Å². The predicted molar refractivity (Wildman–Crippen MR) is 72.4 cm³/mol. The first-order chi connectivity index (χ1) is 7.08. The van der Waals surface area contributed by atoms with Crippen LogP contribution in [0.5, 0.6) is 0 Å². The van der Waals surface area contributed by atoms with Gasteiger partial charge >= 0.3 is 0 Å². The summed E-state index contributed by atoms with van der Waals surface area (Å²) in [5.74, 6) is 0.810. The molecular formula is C12H20BrNS. The standard InChI is InChI=1S/C12H20BrNS/c1-9(2)4-5-10(3)14-7-11-6-12(13)15-8-11/h6,8-10,14H,4-5,7H2,1-3H3. The number of thiophene rings is 1. The van der Waals surface area contributed by atoms with E-state index >= 15 is 0 Å². The molecule has 0 bridgehead atoms. The predicted octanol–water partition coefficient (Wildman–Crippen LogP) is 4.42. The maximum atomic E-state index is 3.55. The maximum Gasteiger partial charge on any atom is 0.0701 e. The SMILES string of the molecule is CC(C)CCC(C)NCc1csc(Br)c1. The molecule has 0 aliphatic rings. The van der Waals surface area contributed by atoms with Gasteiger partial charge in [0.25, 0.3) is 0 Å². The monoisotopic (exact) mass is 289 g/mol. The highest BCUT2D eigenvalue weighted by Gasteiger charge is 2.04. The normalized spacial score (nSPS) is 13.4. The van der Waals surface area contributed by atoms with Gasteiger partial charge in [0.05, 0.1) is 3.79 Å². The number of hydrogen-bond donors (Lipinski definition) is 1. The Labute approximate surface area is 105 Å². The average molecular weight is 290 g/mol. The molecule has 0 radical (unpaired) electrons. The van der Waals surface area contributed by atoms with Crippen LogP contribution in [0.4, 0.5) is 0 Å². The molecule has 0 aliphatic heterocycles. The van der Waals surface area contributed by atoms with Gasteiger partial charge < -0.3 is 5.32 Å². The van der Waals surface area contributed by atoms with Gasteiger partial charge in [-0.2, -0.15) is 0 Å². The molecule has 1 atom stereocenters. The van der Waals surface area contributed by atoms with Crippen LogP contribution in [0.2, 0.25) is 0 Å². The zero-order chi connectivity index (χ0) is 11.3. The number of hydrogen-bond acceptors (Lipinski definition) is 2. The third-order valence-corrected chi connectivity index (χ3v) is 4.01. The molecule has 0 amide bonds. The highest BCUT2D eigenvalue weighted by molar-refractivity contribution is 9.11. The molecule has 0 saturated carbocycles. The van der Waals surface area contributed by atoms with E-state index in [1.165, 1.54) is 22.2 Å². The summed E-state index contributed by atoms with van der Waals surface area (Å²) in [6, 6.07) is 2.80. The molecule has 15 heavy (non-hydrogen) atoms. The van der Waals surface area contributed by atoms with Crippen LogP contribution in [0.3, 0.4) is 0 Å². The van der Waals surface area contributed by atoms with Crippen LogP contribution in [0, 0.1) is 5.92 Å². The number of nitrogens with one attached hydrogen (secondary N) is 1. The van der Waals surface area contributed by atoms with Crippen molar-refractivity contribution in [2.24, 2.45) is 5.92 Å². The molecular weight excluding hydrogens is 270 g/mol. The highest BCUT2D eigenvalue weighted by atomic mass is 79.9. The molecule has 1 aromatic rings. The van der Waals surface area contributed by atoms with Crippen LogP contribution in [-0.4, -0.2) is 6.04 Å². The molecule has 0 aromatic carbocycles. The van der Waals surface area contributed by atoms with Gasteiger partial charge in [0.1, 0.15) is 0 Å². The Bertz CT molecular complexity index is 283. The number of rotatable bonds is 6. The molecule has 0 aliphatic carbocycles. The zero-order valence-corrected chi connectivity index (χ0v) is 12.1. The van der Waals surface area contributed by atoms with Crippen molar-refractivity contribution in [2.75, 3.05) is 0 Å². The molecule has 3 heteroatoms. The first-order valence-electron chi connectivity index (χ1n) is 5.54. The zero-order valence-electron chi connectivity index (χ0n) is 9.72. The molecule has 1 aromatic heterocycles. The first-order valence-corrected chi connectivity index (χ1v) is 7.21. The van der Waals surface area contributed by atoms with Crippen molar-refractivity contribution in [2.45, 2.75) is 46.2 Å². The summed E-state index contributed by atoms with van der Waals surface area (Å²) >= 11 is 5.23. The summed E-state index contributed by atoms with van der Waals surface area (Å²) in [7, 11) is 0. The second-order valence-corrected chi connectivity index (χ2v) is 6.80. The van der Waals surface area contributed by atoms with Crippen LogP contribution in [0.15, 0.2) is 15.2 Å². The first kappa shape index (κ1) is 13.2. The van der Waals surface area contributed by atoms with Crippen molar-refractivity contribution in [1.29, 1.82) is 0 Å². The maximum absolute atomic E-state index is 3.55. The molecule has 86 valence electrons. The lowest BCUT2D eigenvalue weighted by molar-refractivity contribution is 0.451. The minimum atomic E-state index is 0.617. The molecule has 0 saturated heterocycles. The summed E-state index contributed by atoms with van der Waals surface area (Å²) < 4.78 is 1.22.